The lowest BCUT2D eigenvalue weighted by Gasteiger charge is -2.19. The molecular formula is C22H24ClN3O7. The number of anilines is 1. The van der Waals surface area contributed by atoms with Gasteiger partial charge in [0.05, 0.1) is 22.1 Å². The minimum Gasteiger partial charge on any atom is -0.482 e. The van der Waals surface area contributed by atoms with Gasteiger partial charge in [-0.15, -0.1) is 0 Å². The van der Waals surface area contributed by atoms with E-state index in [1.807, 2.05) is 13.8 Å². The summed E-state index contributed by atoms with van der Waals surface area (Å²) in [6, 6.07) is 7.71. The molecule has 11 heteroatoms. The van der Waals surface area contributed by atoms with Crippen molar-refractivity contribution < 1.29 is 28.8 Å². The van der Waals surface area contributed by atoms with Crippen LogP contribution >= 0.6 is 11.6 Å². The fourth-order valence-corrected chi connectivity index (χ4v) is 3.12. The van der Waals surface area contributed by atoms with Crippen LogP contribution in [0, 0.1) is 10.1 Å². The number of benzene rings is 2. The van der Waals surface area contributed by atoms with Gasteiger partial charge in [-0.1, -0.05) is 11.6 Å². The Kier molecular flexibility index (Phi) is 9.17. The van der Waals surface area contributed by atoms with Crippen molar-refractivity contribution in [2.45, 2.75) is 20.8 Å². The second-order valence-corrected chi connectivity index (χ2v) is 7.11. The Morgan fingerprint density at radius 2 is 1.73 bits per heavy atom. The fourth-order valence-electron chi connectivity index (χ4n) is 2.89. The molecule has 0 saturated carbocycles. The number of nitrogens with zero attached hydrogens (tertiary/aromatic N) is 2. The molecule has 0 aliphatic heterocycles. The summed E-state index contributed by atoms with van der Waals surface area (Å²) in [6.45, 7) is 6.35. The van der Waals surface area contributed by atoms with Gasteiger partial charge in [0.2, 0.25) is 0 Å². The van der Waals surface area contributed by atoms with Crippen LogP contribution < -0.4 is 10.1 Å². The molecule has 2 amide bonds. The zero-order valence-electron chi connectivity index (χ0n) is 18.4. The van der Waals surface area contributed by atoms with Crippen molar-refractivity contribution in [3.63, 3.8) is 0 Å². The largest absolute Gasteiger partial charge is 0.482 e. The number of hydrogen-bond donors (Lipinski definition) is 1. The predicted octanol–water partition coefficient (Wildman–Crippen LogP) is 3.92. The molecule has 0 aliphatic carbocycles. The van der Waals surface area contributed by atoms with Crippen LogP contribution in [0.5, 0.6) is 5.75 Å². The zero-order chi connectivity index (χ0) is 24.5. The SMILES string of the molecule is CCOC(=O)c1cc(C(=O)Nc2ccc(OCC(=O)N(CC)CC)c(Cl)c2)cc([N+](=O)[O-])c1. The highest BCUT2D eigenvalue weighted by Crippen LogP contribution is 2.28. The summed E-state index contributed by atoms with van der Waals surface area (Å²) in [6.07, 6.45) is 0. The molecule has 0 aromatic heterocycles. The third-order valence-electron chi connectivity index (χ3n) is 4.56. The maximum absolute atomic E-state index is 12.7. The smallest absolute Gasteiger partial charge is 0.338 e. The number of non-ortho nitro benzene ring substituents is 1. The number of hydrogen-bond acceptors (Lipinski definition) is 7. The Balaban J connectivity index is 2.17. The summed E-state index contributed by atoms with van der Waals surface area (Å²) < 4.78 is 10.3. The fraction of sp³-hybridized carbons (Fsp3) is 0.318. The number of amides is 2. The first kappa shape index (κ1) is 25.6. The van der Waals surface area contributed by atoms with Gasteiger partial charge in [0.25, 0.3) is 17.5 Å². The Morgan fingerprint density at radius 3 is 2.30 bits per heavy atom. The molecule has 176 valence electrons. The number of nitro groups is 1. The van der Waals surface area contributed by atoms with E-state index in [0.29, 0.717) is 13.1 Å². The number of halogens is 1. The molecule has 0 atom stereocenters. The topological polar surface area (TPSA) is 128 Å². The highest BCUT2D eigenvalue weighted by molar-refractivity contribution is 6.32. The van der Waals surface area contributed by atoms with Gasteiger partial charge in [-0.25, -0.2) is 4.79 Å². The van der Waals surface area contributed by atoms with Crippen LogP contribution in [0.15, 0.2) is 36.4 Å². The molecule has 0 heterocycles. The molecule has 2 aromatic rings. The van der Waals surface area contributed by atoms with Crippen LogP contribution in [0.25, 0.3) is 0 Å². The second kappa shape index (κ2) is 11.8. The maximum Gasteiger partial charge on any atom is 0.338 e. The third-order valence-corrected chi connectivity index (χ3v) is 4.85. The highest BCUT2D eigenvalue weighted by atomic mass is 35.5. The molecule has 10 nitrogen and oxygen atoms in total. The summed E-state index contributed by atoms with van der Waals surface area (Å²) >= 11 is 6.21. The van der Waals surface area contributed by atoms with E-state index in [4.69, 9.17) is 21.1 Å². The summed E-state index contributed by atoms with van der Waals surface area (Å²) in [5.74, 6) is -1.39. The number of nitro benzene ring substituents is 1. The number of carbonyl (C=O) groups excluding carboxylic acids is 3. The molecule has 33 heavy (non-hydrogen) atoms. The Labute approximate surface area is 195 Å². The minimum atomic E-state index is -0.779. The molecule has 0 radical (unpaired) electrons. The molecule has 0 saturated heterocycles. The number of carbonyl (C=O) groups is 3. The molecule has 0 aliphatic rings. The van der Waals surface area contributed by atoms with Gasteiger partial charge in [-0.3, -0.25) is 19.7 Å². The van der Waals surface area contributed by atoms with E-state index in [2.05, 4.69) is 5.32 Å². The van der Waals surface area contributed by atoms with Crippen molar-refractivity contribution in [2.24, 2.45) is 0 Å². The van der Waals surface area contributed by atoms with Gasteiger partial charge >= 0.3 is 5.97 Å². The summed E-state index contributed by atoms with van der Waals surface area (Å²) in [5, 5.41) is 13.9. The lowest BCUT2D eigenvalue weighted by Crippen LogP contribution is -2.34. The first-order valence-corrected chi connectivity index (χ1v) is 10.6. The summed E-state index contributed by atoms with van der Waals surface area (Å²) in [5.41, 5.74) is -0.355. The zero-order valence-corrected chi connectivity index (χ0v) is 19.2. The maximum atomic E-state index is 12.7. The van der Waals surface area contributed by atoms with Gasteiger partial charge in [0.15, 0.2) is 6.61 Å². The standard InChI is InChI=1S/C22H24ClN3O7/c1-4-25(5-2)20(27)13-33-19-8-7-16(12-18(19)23)24-21(28)14-9-15(22(29)32-6-3)11-17(10-14)26(30)31/h7-12H,4-6,13H2,1-3H3,(H,24,28). The van der Waals surface area contributed by atoms with Crippen LogP contribution in [-0.4, -0.2) is 53.9 Å². The first-order chi connectivity index (χ1) is 15.7. The molecule has 0 bridgehead atoms. The van der Waals surface area contributed by atoms with Gasteiger partial charge in [0.1, 0.15) is 5.75 Å². The highest BCUT2D eigenvalue weighted by Gasteiger charge is 2.19. The third kappa shape index (κ3) is 6.91. The van der Waals surface area contributed by atoms with E-state index in [9.17, 15) is 24.5 Å². The lowest BCUT2D eigenvalue weighted by atomic mass is 10.1. The number of esters is 1. The summed E-state index contributed by atoms with van der Waals surface area (Å²) in [7, 11) is 0. The van der Waals surface area contributed by atoms with Crippen LogP contribution in [0.4, 0.5) is 11.4 Å². The van der Waals surface area contributed by atoms with E-state index < -0.39 is 22.5 Å². The van der Waals surface area contributed by atoms with Crippen LogP contribution in [0.1, 0.15) is 41.5 Å². The van der Waals surface area contributed by atoms with Gasteiger partial charge in [0, 0.05) is 36.5 Å². The Bertz CT molecular complexity index is 1050. The molecule has 2 aromatic carbocycles. The average Bonchev–Trinajstić information content (AvgIpc) is 2.79. The van der Waals surface area contributed by atoms with Crippen molar-refractivity contribution >= 4 is 40.8 Å². The first-order valence-electron chi connectivity index (χ1n) is 10.2. The van der Waals surface area contributed by atoms with Gasteiger partial charge in [-0.2, -0.15) is 0 Å². The number of nitrogens with one attached hydrogen (secondary N) is 1. The molecular weight excluding hydrogens is 454 g/mol. The van der Waals surface area contributed by atoms with Crippen molar-refractivity contribution in [3.8, 4) is 5.75 Å². The van der Waals surface area contributed by atoms with Crippen LogP contribution in [0.2, 0.25) is 5.02 Å². The van der Waals surface area contributed by atoms with Gasteiger partial charge < -0.3 is 19.7 Å². The van der Waals surface area contributed by atoms with Crippen LogP contribution in [-0.2, 0) is 9.53 Å². The number of rotatable bonds is 10. The van der Waals surface area contributed by atoms with Gasteiger partial charge in [-0.05, 0) is 45.0 Å². The lowest BCUT2D eigenvalue weighted by molar-refractivity contribution is -0.384. The van der Waals surface area contributed by atoms with Crippen molar-refractivity contribution in [2.75, 3.05) is 31.6 Å². The molecule has 0 fully saturated rings. The van der Waals surface area contributed by atoms with E-state index in [1.165, 1.54) is 24.3 Å². The Morgan fingerprint density at radius 1 is 1.06 bits per heavy atom. The average molecular weight is 478 g/mol. The summed E-state index contributed by atoms with van der Waals surface area (Å²) in [4.78, 5) is 48.8. The second-order valence-electron chi connectivity index (χ2n) is 6.70. The van der Waals surface area contributed by atoms with Crippen molar-refractivity contribution in [1.82, 2.24) is 4.90 Å². The van der Waals surface area contributed by atoms with Crippen molar-refractivity contribution in [1.29, 1.82) is 0 Å². The van der Waals surface area contributed by atoms with E-state index in [0.717, 1.165) is 12.1 Å². The minimum absolute atomic E-state index is 0.0799. The monoisotopic (exact) mass is 477 g/mol. The van der Waals surface area contributed by atoms with E-state index in [-0.39, 0.29) is 46.7 Å². The molecule has 1 N–H and O–H groups in total. The van der Waals surface area contributed by atoms with E-state index >= 15 is 0 Å². The van der Waals surface area contributed by atoms with E-state index in [1.54, 1.807) is 11.8 Å². The number of ether oxygens (including phenoxy) is 2. The van der Waals surface area contributed by atoms with Crippen molar-refractivity contribution in [3.05, 3.63) is 62.7 Å². The number of likely N-dealkylation sites (N-methyl/N-ethyl adjacent to an activating group) is 1. The predicted molar refractivity (Wildman–Crippen MR) is 122 cm³/mol. The molecule has 2 rings (SSSR count). The Hall–Kier alpha value is -3.66. The van der Waals surface area contributed by atoms with Crippen LogP contribution in [0.3, 0.4) is 0 Å². The molecule has 0 unspecified atom stereocenters. The molecule has 0 spiro atoms. The normalized spacial score (nSPS) is 10.3. The quantitative estimate of drug-likeness (QED) is 0.312.